The molecule has 0 atom stereocenters. The summed E-state index contributed by atoms with van der Waals surface area (Å²) in [6.07, 6.45) is 8.21. The van der Waals surface area contributed by atoms with Gasteiger partial charge in [0.05, 0.1) is 6.61 Å². The summed E-state index contributed by atoms with van der Waals surface area (Å²) < 4.78 is 5.45. The summed E-state index contributed by atoms with van der Waals surface area (Å²) in [4.78, 5) is 0. The molecule has 82 valence electrons. The molecule has 0 aliphatic rings. The van der Waals surface area contributed by atoms with Crippen LogP contribution in [0.1, 0.15) is 33.1 Å². The Morgan fingerprint density at radius 2 is 2.07 bits per heavy atom. The zero-order chi connectivity index (χ0) is 10.6. The molecule has 0 radical (unpaired) electrons. The van der Waals surface area contributed by atoms with Gasteiger partial charge in [-0.3, -0.25) is 0 Å². The van der Waals surface area contributed by atoms with Crippen LogP contribution in [0.25, 0.3) is 0 Å². The maximum Gasteiger partial charge on any atom is 0.0590 e. The molecular weight excluding hydrogens is 174 g/mol. The normalized spacial score (nSPS) is 10.4. The molecule has 0 saturated heterocycles. The predicted octanol–water partition coefficient (Wildman–Crippen LogP) is 2.05. The average molecular weight is 197 g/mol. The van der Waals surface area contributed by atoms with Crippen molar-refractivity contribution in [3.05, 3.63) is 0 Å². The minimum atomic E-state index is 0.735. The molecule has 0 unspecified atom stereocenters. The zero-order valence-electron chi connectivity index (χ0n) is 9.51. The zero-order valence-corrected chi connectivity index (χ0v) is 9.51. The molecule has 14 heavy (non-hydrogen) atoms. The number of terminal acetylenes is 1. The lowest BCUT2D eigenvalue weighted by Crippen LogP contribution is -2.21. The van der Waals surface area contributed by atoms with Gasteiger partial charge in [-0.2, -0.15) is 0 Å². The first-order valence-electron chi connectivity index (χ1n) is 5.49. The Morgan fingerprint density at radius 1 is 1.29 bits per heavy atom. The van der Waals surface area contributed by atoms with Crippen LogP contribution in [-0.2, 0) is 4.74 Å². The van der Waals surface area contributed by atoms with E-state index in [0.29, 0.717) is 0 Å². The molecule has 0 aromatic heterocycles. The van der Waals surface area contributed by atoms with Gasteiger partial charge in [0, 0.05) is 19.6 Å². The molecule has 0 saturated carbocycles. The number of hydrogen-bond donors (Lipinski definition) is 1. The Labute approximate surface area is 88.4 Å². The molecular formula is C12H23NO. The fraction of sp³-hybridized carbons (Fsp3) is 0.833. The van der Waals surface area contributed by atoms with Gasteiger partial charge >= 0.3 is 0 Å². The van der Waals surface area contributed by atoms with Crippen LogP contribution in [0.4, 0.5) is 0 Å². The van der Waals surface area contributed by atoms with Gasteiger partial charge in [0.15, 0.2) is 0 Å². The Balaban J connectivity index is 2.89. The highest BCUT2D eigenvalue weighted by molar-refractivity contribution is 4.83. The van der Waals surface area contributed by atoms with E-state index in [9.17, 15) is 0 Å². The average Bonchev–Trinajstić information content (AvgIpc) is 2.15. The van der Waals surface area contributed by atoms with Crippen LogP contribution in [0.15, 0.2) is 0 Å². The molecule has 2 heteroatoms. The Bertz CT molecular complexity index is 149. The standard InChI is InChI=1S/C12H23NO/c1-4-5-6-8-13-9-11-14-10-7-12(2)3/h1,12-13H,5-11H2,2-3H3. The van der Waals surface area contributed by atoms with E-state index < -0.39 is 0 Å². The topological polar surface area (TPSA) is 21.3 Å². The fourth-order valence-electron chi connectivity index (χ4n) is 1.01. The summed E-state index contributed by atoms with van der Waals surface area (Å²) in [6.45, 7) is 8.04. The van der Waals surface area contributed by atoms with Crippen LogP contribution < -0.4 is 5.32 Å². The van der Waals surface area contributed by atoms with Crippen LogP contribution in [0, 0.1) is 18.3 Å². The number of hydrogen-bond acceptors (Lipinski definition) is 2. The smallest absolute Gasteiger partial charge is 0.0590 e. The third kappa shape index (κ3) is 11.5. The van der Waals surface area contributed by atoms with Crippen LogP contribution in [0.3, 0.4) is 0 Å². The van der Waals surface area contributed by atoms with Crippen LogP contribution >= 0.6 is 0 Å². The van der Waals surface area contributed by atoms with Gasteiger partial charge in [-0.25, -0.2) is 0 Å². The molecule has 0 aromatic carbocycles. The highest BCUT2D eigenvalue weighted by atomic mass is 16.5. The lowest BCUT2D eigenvalue weighted by atomic mass is 10.1. The van der Waals surface area contributed by atoms with E-state index in [2.05, 4.69) is 25.1 Å². The summed E-state index contributed by atoms with van der Waals surface area (Å²) in [5.41, 5.74) is 0. The number of rotatable bonds is 9. The molecule has 2 nitrogen and oxygen atoms in total. The highest BCUT2D eigenvalue weighted by Crippen LogP contribution is 1.98. The summed E-state index contributed by atoms with van der Waals surface area (Å²) in [5.74, 6) is 3.35. The van der Waals surface area contributed by atoms with Gasteiger partial charge < -0.3 is 10.1 Å². The summed E-state index contributed by atoms with van der Waals surface area (Å²) in [7, 11) is 0. The maximum absolute atomic E-state index is 5.45. The monoisotopic (exact) mass is 197 g/mol. The molecule has 0 aliphatic carbocycles. The second-order valence-electron chi connectivity index (χ2n) is 3.85. The largest absolute Gasteiger partial charge is 0.380 e. The predicted molar refractivity (Wildman–Crippen MR) is 61.2 cm³/mol. The van der Waals surface area contributed by atoms with Gasteiger partial charge in [-0.15, -0.1) is 12.3 Å². The second kappa shape index (κ2) is 10.6. The van der Waals surface area contributed by atoms with E-state index in [4.69, 9.17) is 11.2 Å². The molecule has 0 heterocycles. The van der Waals surface area contributed by atoms with Crippen molar-refractivity contribution >= 4 is 0 Å². The number of ether oxygens (including phenoxy) is 1. The SMILES string of the molecule is C#CCCCNCCOCCC(C)C. The van der Waals surface area contributed by atoms with E-state index >= 15 is 0 Å². The minimum absolute atomic E-state index is 0.735. The highest BCUT2D eigenvalue weighted by Gasteiger charge is 1.93. The Morgan fingerprint density at radius 3 is 2.71 bits per heavy atom. The van der Waals surface area contributed by atoms with E-state index in [0.717, 1.165) is 51.5 Å². The van der Waals surface area contributed by atoms with Gasteiger partial charge in [-0.1, -0.05) is 13.8 Å². The van der Waals surface area contributed by atoms with Gasteiger partial charge in [0.25, 0.3) is 0 Å². The third-order valence-electron chi connectivity index (χ3n) is 1.94. The van der Waals surface area contributed by atoms with Crippen molar-refractivity contribution in [2.45, 2.75) is 33.1 Å². The number of nitrogens with one attached hydrogen (secondary N) is 1. The molecule has 0 rings (SSSR count). The summed E-state index contributed by atoms with van der Waals surface area (Å²) in [6, 6.07) is 0. The first-order valence-corrected chi connectivity index (χ1v) is 5.49. The van der Waals surface area contributed by atoms with Crippen molar-refractivity contribution in [2.24, 2.45) is 5.92 Å². The molecule has 0 bridgehead atoms. The molecule has 1 N–H and O–H groups in total. The van der Waals surface area contributed by atoms with Gasteiger partial charge in [0.2, 0.25) is 0 Å². The minimum Gasteiger partial charge on any atom is -0.380 e. The van der Waals surface area contributed by atoms with E-state index in [-0.39, 0.29) is 0 Å². The van der Waals surface area contributed by atoms with Crippen LogP contribution in [-0.4, -0.2) is 26.3 Å². The van der Waals surface area contributed by atoms with Crippen molar-refractivity contribution in [3.8, 4) is 12.3 Å². The van der Waals surface area contributed by atoms with Crippen LogP contribution in [0.2, 0.25) is 0 Å². The lowest BCUT2D eigenvalue weighted by Gasteiger charge is -2.06. The van der Waals surface area contributed by atoms with Gasteiger partial charge in [-0.05, 0) is 25.3 Å². The van der Waals surface area contributed by atoms with Crippen molar-refractivity contribution in [2.75, 3.05) is 26.3 Å². The number of unbranched alkanes of at least 4 members (excludes halogenated alkanes) is 1. The van der Waals surface area contributed by atoms with Crippen molar-refractivity contribution < 1.29 is 4.74 Å². The first-order chi connectivity index (χ1) is 6.77. The molecule has 0 aliphatic heterocycles. The third-order valence-corrected chi connectivity index (χ3v) is 1.94. The van der Waals surface area contributed by atoms with Crippen molar-refractivity contribution in [1.29, 1.82) is 0 Å². The van der Waals surface area contributed by atoms with Crippen molar-refractivity contribution in [1.82, 2.24) is 5.32 Å². The van der Waals surface area contributed by atoms with Crippen molar-refractivity contribution in [3.63, 3.8) is 0 Å². The lowest BCUT2D eigenvalue weighted by molar-refractivity contribution is 0.125. The van der Waals surface area contributed by atoms with E-state index in [1.54, 1.807) is 0 Å². The molecule has 0 amide bonds. The first kappa shape index (κ1) is 13.5. The van der Waals surface area contributed by atoms with E-state index in [1.165, 1.54) is 0 Å². The summed E-state index contributed by atoms with van der Waals surface area (Å²) in [5, 5.41) is 3.29. The fourth-order valence-corrected chi connectivity index (χ4v) is 1.01. The van der Waals surface area contributed by atoms with E-state index in [1.807, 2.05) is 0 Å². The Hall–Kier alpha value is -0.520. The summed E-state index contributed by atoms with van der Waals surface area (Å²) >= 11 is 0. The molecule has 0 spiro atoms. The Kier molecular flexibility index (Phi) is 10.2. The quantitative estimate of drug-likeness (QED) is 0.451. The van der Waals surface area contributed by atoms with Gasteiger partial charge in [0.1, 0.15) is 0 Å². The van der Waals surface area contributed by atoms with Crippen LogP contribution in [0.5, 0.6) is 0 Å². The second-order valence-corrected chi connectivity index (χ2v) is 3.85. The molecule has 0 fully saturated rings. The maximum atomic E-state index is 5.45. The molecule has 0 aromatic rings.